The molecule has 0 aliphatic carbocycles. The van der Waals surface area contributed by atoms with E-state index >= 15 is 0 Å². The molecule has 0 unspecified atom stereocenters. The number of thiophene rings is 1. The zero-order valence-corrected chi connectivity index (χ0v) is 11.4. The van der Waals surface area contributed by atoms with Gasteiger partial charge in [0.15, 0.2) is 0 Å². The Hall–Kier alpha value is -0.910. The number of benzene rings is 1. The molecule has 2 nitrogen and oxygen atoms in total. The summed E-state index contributed by atoms with van der Waals surface area (Å²) in [6.45, 7) is 0.718. The van der Waals surface area contributed by atoms with Crippen LogP contribution in [0, 0.1) is 5.82 Å². The summed E-state index contributed by atoms with van der Waals surface area (Å²) in [5.74, 6) is 0.337. The van der Waals surface area contributed by atoms with Crippen molar-refractivity contribution in [2.24, 2.45) is 5.73 Å². The van der Waals surface area contributed by atoms with Crippen LogP contribution in [0.3, 0.4) is 0 Å². The second-order valence-electron chi connectivity index (χ2n) is 3.44. The van der Waals surface area contributed by atoms with E-state index in [1.54, 1.807) is 17.4 Å². The molecular formula is C12H11BrFNOS. The van der Waals surface area contributed by atoms with Crippen LogP contribution < -0.4 is 10.5 Å². The molecule has 0 amide bonds. The van der Waals surface area contributed by atoms with E-state index in [4.69, 9.17) is 10.5 Å². The fourth-order valence-electron chi connectivity index (χ4n) is 1.42. The summed E-state index contributed by atoms with van der Waals surface area (Å²) in [5, 5.41) is 1.98. The molecule has 17 heavy (non-hydrogen) atoms. The maximum atomic E-state index is 13.0. The number of rotatable bonds is 4. The average molecular weight is 316 g/mol. The third-order valence-corrected chi connectivity index (χ3v) is 4.19. The minimum Gasteiger partial charge on any atom is -0.488 e. The maximum absolute atomic E-state index is 13.0. The molecule has 1 aromatic heterocycles. The molecule has 0 radical (unpaired) electrons. The Morgan fingerprint density at radius 3 is 2.82 bits per heavy atom. The van der Waals surface area contributed by atoms with Gasteiger partial charge in [0.1, 0.15) is 18.2 Å². The number of nitrogens with two attached hydrogens (primary N) is 1. The Labute approximate surface area is 111 Å². The Balaban J connectivity index is 2.11. The lowest BCUT2D eigenvalue weighted by Gasteiger charge is -2.09. The Bertz CT molecular complexity index is 515. The first-order valence-electron chi connectivity index (χ1n) is 5.04. The highest BCUT2D eigenvalue weighted by molar-refractivity contribution is 9.10. The summed E-state index contributed by atoms with van der Waals surface area (Å²) in [5.41, 5.74) is 6.22. The first-order chi connectivity index (χ1) is 8.20. The van der Waals surface area contributed by atoms with E-state index in [2.05, 4.69) is 15.9 Å². The quantitative estimate of drug-likeness (QED) is 0.934. The van der Waals surface area contributed by atoms with E-state index in [0.29, 0.717) is 17.9 Å². The molecular weight excluding hydrogens is 305 g/mol. The van der Waals surface area contributed by atoms with Crippen molar-refractivity contribution < 1.29 is 9.13 Å². The molecule has 0 fully saturated rings. The number of ether oxygens (including phenoxy) is 1. The van der Waals surface area contributed by atoms with Crippen molar-refractivity contribution in [2.45, 2.75) is 13.2 Å². The van der Waals surface area contributed by atoms with Gasteiger partial charge in [-0.25, -0.2) is 4.39 Å². The summed E-state index contributed by atoms with van der Waals surface area (Å²) in [7, 11) is 0. The van der Waals surface area contributed by atoms with Crippen LogP contribution >= 0.6 is 27.3 Å². The van der Waals surface area contributed by atoms with Crippen LogP contribution in [0.15, 0.2) is 34.1 Å². The second kappa shape index (κ2) is 5.62. The van der Waals surface area contributed by atoms with Crippen LogP contribution in [0.25, 0.3) is 0 Å². The summed E-state index contributed by atoms with van der Waals surface area (Å²) >= 11 is 5.04. The molecule has 2 rings (SSSR count). The molecule has 0 aliphatic rings. The lowest BCUT2D eigenvalue weighted by Crippen LogP contribution is -2.02. The number of hydrogen-bond donors (Lipinski definition) is 1. The van der Waals surface area contributed by atoms with E-state index in [-0.39, 0.29) is 12.4 Å². The minimum absolute atomic E-state index is 0.263. The molecule has 0 saturated carbocycles. The predicted molar refractivity (Wildman–Crippen MR) is 70.6 cm³/mol. The zero-order chi connectivity index (χ0) is 12.3. The molecule has 1 heterocycles. The molecule has 1 aromatic carbocycles. The summed E-state index contributed by atoms with van der Waals surface area (Å²) in [6.07, 6.45) is 0. The van der Waals surface area contributed by atoms with Crippen LogP contribution in [0.2, 0.25) is 0 Å². The molecule has 0 aliphatic heterocycles. The van der Waals surface area contributed by atoms with E-state index in [9.17, 15) is 4.39 Å². The SMILES string of the molecule is NCc1cc(F)ccc1OCc1sccc1Br. The molecule has 0 spiro atoms. The van der Waals surface area contributed by atoms with Crippen molar-refractivity contribution in [3.63, 3.8) is 0 Å². The monoisotopic (exact) mass is 315 g/mol. The van der Waals surface area contributed by atoms with Crippen LogP contribution in [-0.4, -0.2) is 0 Å². The standard InChI is InChI=1S/C12H11BrFNOS/c13-10-3-4-17-12(10)7-16-11-2-1-9(14)5-8(11)6-15/h1-5H,6-7,15H2. The van der Waals surface area contributed by atoms with Gasteiger partial charge in [0.25, 0.3) is 0 Å². The molecule has 2 N–H and O–H groups in total. The Kier molecular flexibility index (Phi) is 4.15. The van der Waals surface area contributed by atoms with Crippen LogP contribution in [0.5, 0.6) is 5.75 Å². The van der Waals surface area contributed by atoms with Gasteiger partial charge in [-0.1, -0.05) is 0 Å². The largest absolute Gasteiger partial charge is 0.488 e. The van der Waals surface area contributed by atoms with Gasteiger partial charge in [0, 0.05) is 16.6 Å². The Morgan fingerprint density at radius 1 is 1.35 bits per heavy atom. The van der Waals surface area contributed by atoms with Crippen molar-refractivity contribution in [1.29, 1.82) is 0 Å². The first-order valence-corrected chi connectivity index (χ1v) is 6.71. The first kappa shape index (κ1) is 12.5. The fraction of sp³-hybridized carbons (Fsp3) is 0.167. The van der Waals surface area contributed by atoms with E-state index in [1.165, 1.54) is 12.1 Å². The van der Waals surface area contributed by atoms with Gasteiger partial charge in [-0.3, -0.25) is 0 Å². The van der Waals surface area contributed by atoms with Gasteiger partial charge in [-0.2, -0.15) is 0 Å². The smallest absolute Gasteiger partial charge is 0.124 e. The maximum Gasteiger partial charge on any atom is 0.124 e. The number of halogens is 2. The Morgan fingerprint density at radius 2 is 2.18 bits per heavy atom. The van der Waals surface area contributed by atoms with Gasteiger partial charge in [0.05, 0.1) is 4.88 Å². The third-order valence-electron chi connectivity index (χ3n) is 2.29. The van der Waals surface area contributed by atoms with Crippen LogP contribution in [0.1, 0.15) is 10.4 Å². The lowest BCUT2D eigenvalue weighted by molar-refractivity contribution is 0.305. The molecule has 2 aromatic rings. The average Bonchev–Trinajstić information content (AvgIpc) is 2.73. The fourth-order valence-corrected chi connectivity index (χ4v) is 2.80. The molecule has 90 valence electrons. The van der Waals surface area contributed by atoms with E-state index < -0.39 is 0 Å². The van der Waals surface area contributed by atoms with Gasteiger partial charge in [-0.15, -0.1) is 11.3 Å². The van der Waals surface area contributed by atoms with Crippen molar-refractivity contribution in [2.75, 3.05) is 0 Å². The minimum atomic E-state index is -0.296. The summed E-state index contributed by atoms with van der Waals surface area (Å²) in [4.78, 5) is 1.09. The molecule has 0 atom stereocenters. The number of hydrogen-bond acceptors (Lipinski definition) is 3. The van der Waals surface area contributed by atoms with Crippen LogP contribution in [-0.2, 0) is 13.2 Å². The second-order valence-corrected chi connectivity index (χ2v) is 5.29. The highest BCUT2D eigenvalue weighted by atomic mass is 79.9. The molecule has 5 heteroatoms. The van der Waals surface area contributed by atoms with Crippen molar-refractivity contribution in [3.8, 4) is 5.75 Å². The van der Waals surface area contributed by atoms with Crippen molar-refractivity contribution in [3.05, 3.63) is 50.4 Å². The topological polar surface area (TPSA) is 35.2 Å². The highest BCUT2D eigenvalue weighted by Gasteiger charge is 2.06. The van der Waals surface area contributed by atoms with Gasteiger partial charge >= 0.3 is 0 Å². The van der Waals surface area contributed by atoms with Crippen molar-refractivity contribution >= 4 is 27.3 Å². The zero-order valence-electron chi connectivity index (χ0n) is 8.95. The van der Waals surface area contributed by atoms with Gasteiger partial charge in [-0.05, 0) is 45.6 Å². The lowest BCUT2D eigenvalue weighted by atomic mass is 10.2. The normalized spacial score (nSPS) is 10.5. The molecule has 0 bridgehead atoms. The van der Waals surface area contributed by atoms with E-state index in [1.807, 2.05) is 11.4 Å². The predicted octanol–water partition coefficient (Wildman–Crippen LogP) is 3.69. The third kappa shape index (κ3) is 3.06. The van der Waals surface area contributed by atoms with Crippen LogP contribution in [0.4, 0.5) is 4.39 Å². The van der Waals surface area contributed by atoms with Crippen molar-refractivity contribution in [1.82, 2.24) is 0 Å². The van der Waals surface area contributed by atoms with Gasteiger partial charge < -0.3 is 10.5 Å². The van der Waals surface area contributed by atoms with E-state index in [0.717, 1.165) is 9.35 Å². The highest BCUT2D eigenvalue weighted by Crippen LogP contribution is 2.26. The molecule has 0 saturated heterocycles. The van der Waals surface area contributed by atoms with Gasteiger partial charge in [0.2, 0.25) is 0 Å². The summed E-state index contributed by atoms with van der Waals surface area (Å²) in [6, 6.07) is 6.35. The summed E-state index contributed by atoms with van der Waals surface area (Å²) < 4.78 is 19.7.